The Balaban J connectivity index is 1.74. The maximum atomic E-state index is 15.7. The number of carbonyl (C=O) groups is 2. The maximum Gasteiger partial charge on any atom is 0.407 e. The van der Waals surface area contributed by atoms with Gasteiger partial charge in [0.2, 0.25) is 0 Å². The fourth-order valence-electron chi connectivity index (χ4n) is 5.20. The largest absolute Gasteiger partial charge is 0.462 e. The van der Waals surface area contributed by atoms with E-state index in [-0.39, 0.29) is 30.0 Å². The minimum absolute atomic E-state index is 0.0731. The normalized spacial score (nSPS) is 20.4. The van der Waals surface area contributed by atoms with E-state index < -0.39 is 29.0 Å². The number of aryl methyl sites for hydroxylation is 1. The van der Waals surface area contributed by atoms with Gasteiger partial charge in [-0.05, 0) is 82.9 Å². The lowest BCUT2D eigenvalue weighted by atomic mass is 9.94. The lowest BCUT2D eigenvalue weighted by Gasteiger charge is -2.39. The SMILES string of the molecule is CCOC(=O)c1cc(C2CC2)c2c(C)c(N3C[C@@H](C)C[C@H](NC(=O)OC(C)(C)C)C3)c(F)cn2c1=O. The Morgan fingerprint density at radius 2 is 1.92 bits per heavy atom. The van der Waals surface area contributed by atoms with Gasteiger partial charge in [-0.1, -0.05) is 6.92 Å². The topological polar surface area (TPSA) is 89.3 Å². The minimum Gasteiger partial charge on any atom is -0.462 e. The van der Waals surface area contributed by atoms with E-state index in [9.17, 15) is 14.4 Å². The number of anilines is 1. The van der Waals surface area contributed by atoms with E-state index in [4.69, 9.17) is 9.47 Å². The number of nitrogens with zero attached hydrogens (tertiary/aromatic N) is 2. The number of alkyl carbamates (subject to hydrolysis) is 1. The number of esters is 1. The molecule has 4 rings (SSSR count). The highest BCUT2D eigenvalue weighted by molar-refractivity contribution is 5.90. The van der Waals surface area contributed by atoms with Crippen LogP contribution in [-0.2, 0) is 9.47 Å². The van der Waals surface area contributed by atoms with Crippen molar-refractivity contribution in [2.75, 3.05) is 24.6 Å². The van der Waals surface area contributed by atoms with E-state index in [0.717, 1.165) is 24.8 Å². The summed E-state index contributed by atoms with van der Waals surface area (Å²) in [5.74, 6) is -0.825. The summed E-state index contributed by atoms with van der Waals surface area (Å²) in [6, 6.07) is 1.42. The number of nitrogens with one attached hydrogen (secondary N) is 1. The average Bonchev–Trinajstić information content (AvgIpc) is 3.58. The molecule has 2 fully saturated rings. The molecule has 2 aromatic heterocycles. The zero-order valence-corrected chi connectivity index (χ0v) is 21.9. The third-order valence-corrected chi connectivity index (χ3v) is 6.65. The first-order valence-electron chi connectivity index (χ1n) is 12.7. The Kier molecular flexibility index (Phi) is 7.03. The second kappa shape index (κ2) is 9.75. The summed E-state index contributed by atoms with van der Waals surface area (Å²) >= 11 is 0. The molecule has 0 bridgehead atoms. The fourth-order valence-corrected chi connectivity index (χ4v) is 5.20. The zero-order chi connectivity index (χ0) is 26.4. The Bertz CT molecular complexity index is 1240. The molecule has 8 nitrogen and oxygen atoms in total. The molecule has 36 heavy (non-hydrogen) atoms. The minimum atomic E-state index is -0.693. The van der Waals surface area contributed by atoms with Crippen molar-refractivity contribution in [3.63, 3.8) is 0 Å². The van der Waals surface area contributed by atoms with Crippen LogP contribution in [0.25, 0.3) is 5.52 Å². The Hall–Kier alpha value is -3.10. The van der Waals surface area contributed by atoms with Crippen LogP contribution in [0.4, 0.5) is 14.9 Å². The Morgan fingerprint density at radius 3 is 2.53 bits per heavy atom. The third-order valence-electron chi connectivity index (χ3n) is 6.65. The first-order valence-corrected chi connectivity index (χ1v) is 12.7. The molecule has 1 saturated carbocycles. The van der Waals surface area contributed by atoms with Crippen LogP contribution in [0, 0.1) is 18.7 Å². The van der Waals surface area contributed by atoms with Crippen molar-refractivity contribution in [2.24, 2.45) is 5.92 Å². The number of piperidine rings is 1. The molecule has 3 heterocycles. The second-order valence-corrected chi connectivity index (χ2v) is 11.1. The van der Waals surface area contributed by atoms with Crippen LogP contribution in [0.5, 0.6) is 0 Å². The van der Waals surface area contributed by atoms with Crippen LogP contribution >= 0.6 is 0 Å². The number of pyridine rings is 2. The van der Waals surface area contributed by atoms with Crippen molar-refractivity contribution in [3.05, 3.63) is 45.1 Å². The van der Waals surface area contributed by atoms with Gasteiger partial charge in [0, 0.05) is 19.1 Å². The summed E-state index contributed by atoms with van der Waals surface area (Å²) in [6.45, 7) is 12.2. The molecule has 1 N–H and O–H groups in total. The van der Waals surface area contributed by atoms with Gasteiger partial charge in [0.05, 0.1) is 24.0 Å². The second-order valence-electron chi connectivity index (χ2n) is 11.1. The van der Waals surface area contributed by atoms with Crippen molar-refractivity contribution in [2.45, 2.75) is 78.4 Å². The molecule has 1 aliphatic heterocycles. The van der Waals surface area contributed by atoms with Crippen LogP contribution in [0.15, 0.2) is 17.1 Å². The maximum absolute atomic E-state index is 15.7. The molecule has 1 aliphatic carbocycles. The Morgan fingerprint density at radius 1 is 1.22 bits per heavy atom. The molecule has 2 aromatic rings. The molecule has 1 saturated heterocycles. The summed E-state index contributed by atoms with van der Waals surface area (Å²) in [6.07, 6.45) is 3.34. The zero-order valence-electron chi connectivity index (χ0n) is 21.9. The van der Waals surface area contributed by atoms with Gasteiger partial charge in [-0.15, -0.1) is 0 Å². The number of aromatic nitrogens is 1. The summed E-state index contributed by atoms with van der Waals surface area (Å²) in [7, 11) is 0. The van der Waals surface area contributed by atoms with Gasteiger partial charge >= 0.3 is 12.1 Å². The van der Waals surface area contributed by atoms with Gasteiger partial charge < -0.3 is 19.7 Å². The number of fused-ring (bicyclic) bond motifs is 1. The quantitative estimate of drug-likeness (QED) is 0.605. The monoisotopic (exact) mass is 501 g/mol. The average molecular weight is 502 g/mol. The van der Waals surface area contributed by atoms with E-state index in [1.165, 1.54) is 10.6 Å². The number of hydrogen-bond acceptors (Lipinski definition) is 6. The number of hydrogen-bond donors (Lipinski definition) is 1. The molecule has 0 radical (unpaired) electrons. The van der Waals surface area contributed by atoms with E-state index in [1.807, 2.05) is 32.6 Å². The van der Waals surface area contributed by atoms with Crippen molar-refractivity contribution < 1.29 is 23.5 Å². The predicted octanol–water partition coefficient (Wildman–Crippen LogP) is 4.54. The molecule has 1 amide bonds. The lowest BCUT2D eigenvalue weighted by molar-refractivity contribution is 0.0491. The van der Waals surface area contributed by atoms with E-state index in [2.05, 4.69) is 12.2 Å². The standard InChI is InChI=1S/C27H36FN3O5/c1-7-35-25(33)20-11-19(17-8-9-17)22-16(3)23(21(28)14-31(22)24(20)32)30-12-15(2)10-18(13-30)29-26(34)36-27(4,5)6/h11,14-15,17-18H,7-10,12-13H2,1-6H3,(H,29,34)/t15-,18-/m0/s1. The number of halogens is 1. The summed E-state index contributed by atoms with van der Waals surface area (Å²) in [5, 5.41) is 2.93. The highest BCUT2D eigenvalue weighted by atomic mass is 19.1. The number of ether oxygens (including phenoxy) is 2. The van der Waals surface area contributed by atoms with Gasteiger partial charge in [0.15, 0.2) is 5.82 Å². The fraction of sp³-hybridized carbons (Fsp3) is 0.593. The summed E-state index contributed by atoms with van der Waals surface area (Å²) in [4.78, 5) is 40.0. The van der Waals surface area contributed by atoms with Crippen LogP contribution in [-0.4, -0.2) is 47.8 Å². The summed E-state index contributed by atoms with van der Waals surface area (Å²) in [5.41, 5.74) is 1.30. The molecular formula is C27H36FN3O5. The van der Waals surface area contributed by atoms with Gasteiger partial charge in [-0.3, -0.25) is 9.20 Å². The smallest absolute Gasteiger partial charge is 0.407 e. The highest BCUT2D eigenvalue weighted by Gasteiger charge is 2.33. The molecule has 2 atom stereocenters. The number of amides is 1. The molecule has 0 aromatic carbocycles. The van der Waals surface area contributed by atoms with Crippen LogP contribution in [0.3, 0.4) is 0 Å². The van der Waals surface area contributed by atoms with Crippen molar-refractivity contribution in [1.82, 2.24) is 9.72 Å². The predicted molar refractivity (Wildman–Crippen MR) is 135 cm³/mol. The number of rotatable bonds is 5. The van der Waals surface area contributed by atoms with Crippen LogP contribution in [0.1, 0.15) is 81.3 Å². The van der Waals surface area contributed by atoms with Crippen LogP contribution in [0.2, 0.25) is 0 Å². The van der Waals surface area contributed by atoms with Crippen molar-refractivity contribution >= 4 is 23.3 Å². The van der Waals surface area contributed by atoms with E-state index >= 15 is 4.39 Å². The first kappa shape index (κ1) is 26.0. The van der Waals surface area contributed by atoms with Crippen LogP contribution < -0.4 is 15.8 Å². The number of carbonyl (C=O) groups excluding carboxylic acids is 2. The third kappa shape index (κ3) is 5.34. The molecule has 0 unspecified atom stereocenters. The Labute approximate surface area is 210 Å². The van der Waals surface area contributed by atoms with Gasteiger partial charge in [0.25, 0.3) is 5.56 Å². The van der Waals surface area contributed by atoms with Gasteiger partial charge in [-0.25, -0.2) is 14.0 Å². The highest BCUT2D eigenvalue weighted by Crippen LogP contribution is 2.44. The van der Waals surface area contributed by atoms with Crippen molar-refractivity contribution in [1.29, 1.82) is 0 Å². The van der Waals surface area contributed by atoms with E-state index in [0.29, 0.717) is 29.9 Å². The van der Waals surface area contributed by atoms with E-state index in [1.54, 1.807) is 13.0 Å². The van der Waals surface area contributed by atoms with Crippen molar-refractivity contribution in [3.8, 4) is 0 Å². The lowest BCUT2D eigenvalue weighted by Crippen LogP contribution is -2.51. The molecule has 9 heteroatoms. The molecule has 196 valence electrons. The molecule has 0 spiro atoms. The van der Waals surface area contributed by atoms with Gasteiger partial charge in [-0.2, -0.15) is 0 Å². The summed E-state index contributed by atoms with van der Waals surface area (Å²) < 4.78 is 27.4. The first-order chi connectivity index (χ1) is 16.9. The molecule has 2 aliphatic rings. The van der Waals surface area contributed by atoms with Gasteiger partial charge in [0.1, 0.15) is 11.2 Å². The molecular weight excluding hydrogens is 465 g/mol.